The maximum Gasteiger partial charge on any atom is 0.350 e. The van der Waals surface area contributed by atoms with Crippen LogP contribution in [0.5, 0.6) is 5.88 Å². The number of nitrogens with zero attached hydrogens (tertiary/aromatic N) is 3. The van der Waals surface area contributed by atoms with Gasteiger partial charge in [0.2, 0.25) is 0 Å². The maximum atomic E-state index is 11.1. The van der Waals surface area contributed by atoms with Crippen molar-refractivity contribution in [2.45, 2.75) is 19.9 Å². The van der Waals surface area contributed by atoms with Gasteiger partial charge >= 0.3 is 17.5 Å². The number of esters is 1. The molecule has 0 bridgehead atoms. The average Bonchev–Trinajstić information content (AvgIpc) is 2.70. The summed E-state index contributed by atoms with van der Waals surface area (Å²) in [5.41, 5.74) is -0.226. The number of carbonyl (C=O) groups is 1. The summed E-state index contributed by atoms with van der Waals surface area (Å²) in [6, 6.07) is 0. The second-order valence-corrected chi connectivity index (χ2v) is 3.10. The molecule has 0 saturated carbocycles. The highest BCUT2D eigenvalue weighted by molar-refractivity contribution is 5.69. The number of ether oxygens (including phenoxy) is 2. The molecule has 8 heteroatoms. The zero-order valence-electron chi connectivity index (χ0n) is 9.58. The zero-order chi connectivity index (χ0) is 12.8. The van der Waals surface area contributed by atoms with E-state index in [1.54, 1.807) is 6.92 Å². The van der Waals surface area contributed by atoms with E-state index >= 15 is 0 Å². The normalized spacial score (nSPS) is 10.0. The lowest BCUT2D eigenvalue weighted by molar-refractivity contribution is -0.385. The molecule has 0 aliphatic carbocycles. The second kappa shape index (κ2) is 5.83. The largest absolute Gasteiger partial charge is 0.475 e. The summed E-state index contributed by atoms with van der Waals surface area (Å²) in [5, 5.41) is 14.4. The van der Waals surface area contributed by atoms with Crippen molar-refractivity contribution in [2.75, 3.05) is 13.7 Å². The van der Waals surface area contributed by atoms with Crippen LogP contribution in [0.25, 0.3) is 0 Å². The smallest absolute Gasteiger partial charge is 0.350 e. The fourth-order valence-corrected chi connectivity index (χ4v) is 1.22. The molecule has 0 spiro atoms. The third kappa shape index (κ3) is 3.44. The predicted molar refractivity (Wildman–Crippen MR) is 56.7 cm³/mol. The first-order chi connectivity index (χ1) is 8.08. The number of aryl methyl sites for hydroxylation is 1. The molecule has 0 aliphatic heterocycles. The summed E-state index contributed by atoms with van der Waals surface area (Å²) >= 11 is 0. The average molecular weight is 243 g/mol. The molecule has 0 aromatic carbocycles. The van der Waals surface area contributed by atoms with Crippen LogP contribution in [-0.2, 0) is 16.1 Å². The van der Waals surface area contributed by atoms with Gasteiger partial charge in [0.25, 0.3) is 0 Å². The van der Waals surface area contributed by atoms with Crippen LogP contribution >= 0.6 is 0 Å². The molecule has 17 heavy (non-hydrogen) atoms. The lowest BCUT2D eigenvalue weighted by Gasteiger charge is -2.01. The van der Waals surface area contributed by atoms with E-state index in [0.717, 1.165) is 0 Å². The molecule has 1 aromatic heterocycles. The van der Waals surface area contributed by atoms with Crippen molar-refractivity contribution in [1.29, 1.82) is 0 Å². The summed E-state index contributed by atoms with van der Waals surface area (Å²) in [6.45, 7) is 2.23. The first-order valence-corrected chi connectivity index (χ1v) is 5.00. The summed E-state index contributed by atoms with van der Waals surface area (Å²) < 4.78 is 10.8. The highest BCUT2D eigenvalue weighted by atomic mass is 16.6. The van der Waals surface area contributed by atoms with E-state index in [9.17, 15) is 14.9 Å². The quantitative estimate of drug-likeness (QED) is 0.415. The van der Waals surface area contributed by atoms with Crippen LogP contribution in [0, 0.1) is 10.1 Å². The van der Waals surface area contributed by atoms with Crippen molar-refractivity contribution >= 4 is 11.7 Å². The van der Waals surface area contributed by atoms with Gasteiger partial charge in [0.15, 0.2) is 0 Å². The lowest BCUT2D eigenvalue weighted by atomic mass is 10.4. The second-order valence-electron chi connectivity index (χ2n) is 3.10. The summed E-state index contributed by atoms with van der Waals surface area (Å²) in [4.78, 5) is 21.1. The van der Waals surface area contributed by atoms with Crippen molar-refractivity contribution in [2.24, 2.45) is 0 Å². The standard InChI is InChI=1S/C9H13N3O5/c1-3-17-8(13)4-5-11-6-7(12(14)15)9(10-11)16-2/h6H,3-5H2,1-2H3. The lowest BCUT2D eigenvalue weighted by Crippen LogP contribution is -2.09. The minimum absolute atomic E-state index is 0.0705. The Morgan fingerprint density at radius 3 is 2.82 bits per heavy atom. The first-order valence-electron chi connectivity index (χ1n) is 5.00. The van der Waals surface area contributed by atoms with Gasteiger partial charge in [-0.1, -0.05) is 0 Å². The van der Waals surface area contributed by atoms with Crippen molar-refractivity contribution in [3.63, 3.8) is 0 Å². The Labute approximate surface area is 97.3 Å². The minimum Gasteiger partial charge on any atom is -0.475 e. The van der Waals surface area contributed by atoms with E-state index < -0.39 is 4.92 Å². The molecule has 1 rings (SSSR count). The van der Waals surface area contributed by atoms with E-state index in [1.165, 1.54) is 18.0 Å². The number of aromatic nitrogens is 2. The van der Waals surface area contributed by atoms with Crippen LogP contribution in [0.4, 0.5) is 5.69 Å². The third-order valence-electron chi connectivity index (χ3n) is 1.95. The number of hydrogen-bond acceptors (Lipinski definition) is 6. The monoisotopic (exact) mass is 243 g/mol. The van der Waals surface area contributed by atoms with E-state index in [1.807, 2.05) is 0 Å². The van der Waals surface area contributed by atoms with Gasteiger partial charge in [0.05, 0.1) is 31.6 Å². The molecule has 8 nitrogen and oxygen atoms in total. The molecule has 1 aromatic rings. The summed E-state index contributed by atoms with van der Waals surface area (Å²) in [5.74, 6) is -0.441. The van der Waals surface area contributed by atoms with Gasteiger partial charge in [-0.3, -0.25) is 19.6 Å². The van der Waals surface area contributed by atoms with Crippen molar-refractivity contribution in [3.05, 3.63) is 16.3 Å². The molecule has 0 unspecified atom stereocenters. The highest BCUT2D eigenvalue weighted by Crippen LogP contribution is 2.23. The molecule has 0 N–H and O–H groups in total. The van der Waals surface area contributed by atoms with Gasteiger partial charge in [-0.15, -0.1) is 5.10 Å². The Morgan fingerprint density at radius 1 is 1.65 bits per heavy atom. The zero-order valence-corrected chi connectivity index (χ0v) is 9.58. The van der Waals surface area contributed by atoms with Crippen LogP contribution in [0.15, 0.2) is 6.20 Å². The molecule has 94 valence electrons. The molecular weight excluding hydrogens is 230 g/mol. The molecule has 0 amide bonds. The van der Waals surface area contributed by atoms with Crippen LogP contribution in [0.2, 0.25) is 0 Å². The Kier molecular flexibility index (Phi) is 4.44. The van der Waals surface area contributed by atoms with Crippen molar-refractivity contribution in [1.82, 2.24) is 9.78 Å². The van der Waals surface area contributed by atoms with Gasteiger partial charge in [-0.05, 0) is 6.92 Å². The molecule has 0 saturated heterocycles. The van der Waals surface area contributed by atoms with Gasteiger partial charge in [-0.2, -0.15) is 0 Å². The predicted octanol–water partition coefficient (Wildman–Crippen LogP) is 0.753. The van der Waals surface area contributed by atoms with E-state index in [4.69, 9.17) is 9.47 Å². The molecule has 0 radical (unpaired) electrons. The fourth-order valence-electron chi connectivity index (χ4n) is 1.22. The van der Waals surface area contributed by atoms with E-state index in [2.05, 4.69) is 5.10 Å². The Bertz CT molecular complexity index is 415. The van der Waals surface area contributed by atoms with Crippen molar-refractivity contribution in [3.8, 4) is 5.88 Å². The van der Waals surface area contributed by atoms with Crippen LogP contribution in [0.3, 0.4) is 0 Å². The van der Waals surface area contributed by atoms with E-state index in [0.29, 0.717) is 6.61 Å². The van der Waals surface area contributed by atoms with Crippen molar-refractivity contribution < 1.29 is 19.2 Å². The maximum absolute atomic E-state index is 11.1. The van der Waals surface area contributed by atoms with E-state index in [-0.39, 0.29) is 30.5 Å². The number of rotatable bonds is 6. The van der Waals surface area contributed by atoms with Crippen LogP contribution in [-0.4, -0.2) is 34.4 Å². The first kappa shape index (κ1) is 12.9. The van der Waals surface area contributed by atoms with Crippen LogP contribution in [0.1, 0.15) is 13.3 Å². The molecular formula is C9H13N3O5. The Morgan fingerprint density at radius 2 is 2.35 bits per heavy atom. The highest BCUT2D eigenvalue weighted by Gasteiger charge is 2.20. The fraction of sp³-hybridized carbons (Fsp3) is 0.556. The molecule has 0 fully saturated rings. The summed E-state index contributed by atoms with van der Waals surface area (Å²) in [6.07, 6.45) is 1.33. The summed E-state index contributed by atoms with van der Waals surface area (Å²) in [7, 11) is 1.30. The number of methoxy groups -OCH3 is 1. The molecule has 1 heterocycles. The van der Waals surface area contributed by atoms with Gasteiger partial charge in [0.1, 0.15) is 6.20 Å². The molecule has 0 aliphatic rings. The minimum atomic E-state index is -0.591. The molecule has 0 atom stereocenters. The van der Waals surface area contributed by atoms with Gasteiger partial charge < -0.3 is 9.47 Å². The number of nitro groups is 1. The van der Waals surface area contributed by atoms with Gasteiger partial charge in [-0.25, -0.2) is 0 Å². The Hall–Kier alpha value is -2.12. The van der Waals surface area contributed by atoms with Crippen LogP contribution < -0.4 is 4.74 Å². The Balaban J connectivity index is 2.66. The number of carbonyl (C=O) groups excluding carboxylic acids is 1. The topological polar surface area (TPSA) is 96.5 Å². The SMILES string of the molecule is CCOC(=O)CCn1cc([N+](=O)[O-])c(OC)n1. The number of hydrogen-bond donors (Lipinski definition) is 0. The third-order valence-corrected chi connectivity index (χ3v) is 1.95. The van der Waals surface area contributed by atoms with Gasteiger partial charge in [0, 0.05) is 0 Å².